The lowest BCUT2D eigenvalue weighted by Crippen LogP contribution is -2.17. The summed E-state index contributed by atoms with van der Waals surface area (Å²) in [5, 5.41) is 5.99. The molecule has 1 heterocycles. The second kappa shape index (κ2) is 4.97. The van der Waals surface area contributed by atoms with Gasteiger partial charge in [0.2, 0.25) is 10.0 Å². The standard InChI is InChI=1S/C7H9ClN2O2S2/c8-6-2-1-3-10-7(6)13-4-5-14(9,11)12/h1-3H,4-5H2,(H2,9,11,12). The number of rotatable bonds is 4. The minimum Gasteiger partial charge on any atom is -0.248 e. The number of hydrogen-bond acceptors (Lipinski definition) is 4. The number of halogens is 1. The smallest absolute Gasteiger partial charge is 0.209 e. The molecule has 14 heavy (non-hydrogen) atoms. The third kappa shape index (κ3) is 4.28. The SMILES string of the molecule is NS(=O)(=O)CCSc1ncccc1Cl. The molecule has 0 aliphatic carbocycles. The summed E-state index contributed by atoms with van der Waals surface area (Å²) in [4.78, 5) is 3.99. The zero-order valence-corrected chi connectivity index (χ0v) is 9.57. The Bertz CT molecular complexity index is 408. The van der Waals surface area contributed by atoms with E-state index in [1.54, 1.807) is 18.3 Å². The molecule has 0 atom stereocenters. The molecule has 4 nitrogen and oxygen atoms in total. The lowest BCUT2D eigenvalue weighted by molar-refractivity contribution is 0.599. The largest absolute Gasteiger partial charge is 0.248 e. The van der Waals surface area contributed by atoms with Crippen LogP contribution in [-0.4, -0.2) is 24.9 Å². The van der Waals surface area contributed by atoms with Gasteiger partial charge in [-0.2, -0.15) is 0 Å². The number of nitrogens with zero attached hydrogens (tertiary/aromatic N) is 1. The first-order valence-electron chi connectivity index (χ1n) is 3.73. The van der Waals surface area contributed by atoms with Gasteiger partial charge < -0.3 is 0 Å². The topological polar surface area (TPSA) is 73.1 Å². The van der Waals surface area contributed by atoms with Crippen LogP contribution >= 0.6 is 23.4 Å². The Morgan fingerprint density at radius 2 is 2.29 bits per heavy atom. The number of nitrogens with two attached hydrogens (primary N) is 1. The van der Waals surface area contributed by atoms with Crippen LogP contribution in [0.2, 0.25) is 5.02 Å². The van der Waals surface area contributed by atoms with Gasteiger partial charge in [0.1, 0.15) is 5.03 Å². The second-order valence-electron chi connectivity index (χ2n) is 2.51. The van der Waals surface area contributed by atoms with Crippen molar-refractivity contribution in [1.82, 2.24) is 4.98 Å². The molecule has 1 aromatic heterocycles. The van der Waals surface area contributed by atoms with E-state index in [1.807, 2.05) is 0 Å². The van der Waals surface area contributed by atoms with Gasteiger partial charge in [0.15, 0.2) is 0 Å². The average molecular weight is 253 g/mol. The van der Waals surface area contributed by atoms with E-state index in [9.17, 15) is 8.42 Å². The molecule has 1 rings (SSSR count). The van der Waals surface area contributed by atoms with Gasteiger partial charge in [-0.3, -0.25) is 0 Å². The summed E-state index contributed by atoms with van der Waals surface area (Å²) in [6.07, 6.45) is 1.60. The van der Waals surface area contributed by atoms with Gasteiger partial charge >= 0.3 is 0 Å². The zero-order chi connectivity index (χ0) is 10.6. The molecule has 0 amide bonds. The van der Waals surface area contributed by atoms with Crippen LogP contribution in [0.4, 0.5) is 0 Å². The fourth-order valence-corrected chi connectivity index (χ4v) is 2.81. The summed E-state index contributed by atoms with van der Waals surface area (Å²) >= 11 is 7.08. The summed E-state index contributed by atoms with van der Waals surface area (Å²) in [6.45, 7) is 0. The van der Waals surface area contributed by atoms with Crippen molar-refractivity contribution < 1.29 is 8.42 Å². The van der Waals surface area contributed by atoms with Crippen molar-refractivity contribution in [3.63, 3.8) is 0 Å². The molecular weight excluding hydrogens is 244 g/mol. The predicted octanol–water partition coefficient (Wildman–Crippen LogP) is 1.12. The van der Waals surface area contributed by atoms with E-state index >= 15 is 0 Å². The van der Waals surface area contributed by atoms with Gasteiger partial charge in [0, 0.05) is 11.9 Å². The highest BCUT2D eigenvalue weighted by atomic mass is 35.5. The van der Waals surface area contributed by atoms with Crippen molar-refractivity contribution >= 4 is 33.4 Å². The Morgan fingerprint density at radius 1 is 1.57 bits per heavy atom. The van der Waals surface area contributed by atoms with E-state index in [4.69, 9.17) is 16.7 Å². The van der Waals surface area contributed by atoms with E-state index in [-0.39, 0.29) is 5.75 Å². The van der Waals surface area contributed by atoms with Gasteiger partial charge in [-0.15, -0.1) is 11.8 Å². The third-order valence-electron chi connectivity index (χ3n) is 1.33. The Balaban J connectivity index is 2.51. The van der Waals surface area contributed by atoms with Crippen LogP contribution in [0.1, 0.15) is 0 Å². The fraction of sp³-hybridized carbons (Fsp3) is 0.286. The lowest BCUT2D eigenvalue weighted by Gasteiger charge is -2.01. The summed E-state index contributed by atoms with van der Waals surface area (Å²) in [5.74, 6) is 0.278. The normalized spacial score (nSPS) is 11.6. The molecule has 7 heteroatoms. The minimum atomic E-state index is -3.40. The van der Waals surface area contributed by atoms with Crippen LogP contribution in [0, 0.1) is 0 Å². The first kappa shape index (κ1) is 11.8. The predicted molar refractivity (Wildman–Crippen MR) is 57.9 cm³/mol. The average Bonchev–Trinajstić information content (AvgIpc) is 2.06. The highest BCUT2D eigenvalue weighted by Gasteiger charge is 2.05. The highest BCUT2D eigenvalue weighted by molar-refractivity contribution is 8.00. The molecule has 1 aromatic rings. The molecular formula is C7H9ClN2O2S2. The zero-order valence-electron chi connectivity index (χ0n) is 7.18. The summed E-state index contributed by atoms with van der Waals surface area (Å²) in [6, 6.07) is 3.42. The maximum atomic E-state index is 10.6. The van der Waals surface area contributed by atoms with Crippen molar-refractivity contribution in [1.29, 1.82) is 0 Å². The Labute approximate surface area is 91.9 Å². The number of hydrogen-bond donors (Lipinski definition) is 1. The number of aromatic nitrogens is 1. The molecule has 0 radical (unpaired) electrons. The Morgan fingerprint density at radius 3 is 2.86 bits per heavy atom. The lowest BCUT2D eigenvalue weighted by atomic mass is 10.5. The van der Waals surface area contributed by atoms with E-state index in [2.05, 4.69) is 4.98 Å². The Kier molecular flexibility index (Phi) is 4.18. The van der Waals surface area contributed by atoms with E-state index in [0.717, 1.165) is 0 Å². The van der Waals surface area contributed by atoms with Crippen molar-refractivity contribution in [2.75, 3.05) is 11.5 Å². The monoisotopic (exact) mass is 252 g/mol. The molecule has 0 unspecified atom stereocenters. The van der Waals surface area contributed by atoms with Crippen LogP contribution in [-0.2, 0) is 10.0 Å². The molecule has 0 aromatic carbocycles. The molecule has 0 aliphatic heterocycles. The first-order chi connectivity index (χ1) is 6.49. The van der Waals surface area contributed by atoms with Gasteiger partial charge in [-0.1, -0.05) is 11.6 Å². The minimum absolute atomic E-state index is 0.0788. The number of sulfonamides is 1. The summed E-state index contributed by atoms with van der Waals surface area (Å²) in [7, 11) is -3.40. The second-order valence-corrected chi connectivity index (χ2v) is 5.73. The van der Waals surface area contributed by atoms with Gasteiger partial charge in [0.05, 0.1) is 10.8 Å². The third-order valence-corrected chi connectivity index (χ3v) is 3.79. The van der Waals surface area contributed by atoms with Gasteiger partial charge in [-0.25, -0.2) is 18.5 Å². The summed E-state index contributed by atoms with van der Waals surface area (Å²) < 4.78 is 21.2. The molecule has 0 fully saturated rings. The van der Waals surface area contributed by atoms with Crippen molar-refractivity contribution in [3.05, 3.63) is 23.4 Å². The van der Waals surface area contributed by atoms with Crippen LogP contribution in [0.5, 0.6) is 0 Å². The van der Waals surface area contributed by atoms with Crippen molar-refractivity contribution in [2.24, 2.45) is 5.14 Å². The van der Waals surface area contributed by atoms with Crippen molar-refractivity contribution in [2.45, 2.75) is 5.03 Å². The van der Waals surface area contributed by atoms with Crippen molar-refractivity contribution in [3.8, 4) is 0 Å². The molecule has 78 valence electrons. The van der Waals surface area contributed by atoms with Crippen LogP contribution in [0.25, 0.3) is 0 Å². The van der Waals surface area contributed by atoms with E-state index in [1.165, 1.54) is 11.8 Å². The molecule has 0 spiro atoms. The Hall–Kier alpha value is -0.300. The summed E-state index contributed by atoms with van der Waals surface area (Å²) in [5.41, 5.74) is 0. The number of thioether (sulfide) groups is 1. The number of pyridine rings is 1. The molecule has 0 saturated heterocycles. The molecule has 0 bridgehead atoms. The van der Waals surface area contributed by atoms with Crippen LogP contribution in [0.15, 0.2) is 23.4 Å². The maximum absolute atomic E-state index is 10.6. The molecule has 0 saturated carbocycles. The van der Waals surface area contributed by atoms with Gasteiger partial charge in [-0.05, 0) is 12.1 Å². The quantitative estimate of drug-likeness (QED) is 0.815. The highest BCUT2D eigenvalue weighted by Crippen LogP contribution is 2.23. The van der Waals surface area contributed by atoms with E-state index in [0.29, 0.717) is 15.8 Å². The number of primary sulfonamides is 1. The van der Waals surface area contributed by atoms with Crippen LogP contribution in [0.3, 0.4) is 0 Å². The molecule has 2 N–H and O–H groups in total. The maximum Gasteiger partial charge on any atom is 0.209 e. The fourth-order valence-electron chi connectivity index (χ4n) is 0.732. The van der Waals surface area contributed by atoms with Crippen LogP contribution < -0.4 is 5.14 Å². The first-order valence-corrected chi connectivity index (χ1v) is 6.81. The van der Waals surface area contributed by atoms with E-state index < -0.39 is 10.0 Å². The van der Waals surface area contributed by atoms with Gasteiger partial charge in [0.25, 0.3) is 0 Å². The molecule has 0 aliphatic rings.